The van der Waals surface area contributed by atoms with Crippen LogP contribution in [0, 0.1) is 0 Å². The van der Waals surface area contributed by atoms with Crippen LogP contribution in [0.4, 0.5) is 5.69 Å². The number of halogens is 1. The maximum atomic E-state index is 13.1. The Hall–Kier alpha value is -3.06. The lowest BCUT2D eigenvalue weighted by Gasteiger charge is -2.37. The summed E-state index contributed by atoms with van der Waals surface area (Å²) in [6, 6.07) is 14.3. The Bertz CT molecular complexity index is 1010. The van der Waals surface area contributed by atoms with Gasteiger partial charge in [-0.05, 0) is 56.0 Å². The summed E-state index contributed by atoms with van der Waals surface area (Å²) in [5, 5.41) is 3.47. The number of benzene rings is 2. The molecule has 7 nitrogen and oxygen atoms in total. The molecule has 0 aliphatic carbocycles. The number of carbonyl (C=O) groups is 3. The molecule has 2 heterocycles. The van der Waals surface area contributed by atoms with E-state index < -0.39 is 0 Å². The molecule has 1 unspecified atom stereocenters. The molecule has 0 aromatic heterocycles. The minimum Gasteiger partial charge on any atom is -0.482 e. The first kappa shape index (κ1) is 23.1. The zero-order valence-corrected chi connectivity index (χ0v) is 19.2. The summed E-state index contributed by atoms with van der Waals surface area (Å²) < 4.78 is 5.48. The number of nitrogens with one attached hydrogen (secondary N) is 1. The van der Waals surface area contributed by atoms with E-state index >= 15 is 0 Å². The zero-order chi connectivity index (χ0) is 23.2. The van der Waals surface area contributed by atoms with Gasteiger partial charge in [0.25, 0.3) is 11.8 Å². The normalized spacial score (nSPS) is 17.8. The van der Waals surface area contributed by atoms with E-state index in [1.165, 1.54) is 0 Å². The molecule has 8 heteroatoms. The predicted octanol–water partition coefficient (Wildman–Crippen LogP) is 3.66. The molecular formula is C25H28ClN3O4. The van der Waals surface area contributed by atoms with E-state index in [2.05, 4.69) is 5.32 Å². The molecule has 174 valence electrons. The average molecular weight is 470 g/mol. The van der Waals surface area contributed by atoms with Crippen molar-refractivity contribution < 1.29 is 19.1 Å². The smallest absolute Gasteiger partial charge is 0.265 e. The van der Waals surface area contributed by atoms with Crippen LogP contribution >= 0.6 is 11.6 Å². The Morgan fingerprint density at radius 1 is 1.12 bits per heavy atom. The first-order valence-electron chi connectivity index (χ1n) is 11.4. The summed E-state index contributed by atoms with van der Waals surface area (Å²) in [7, 11) is 0. The SMILES string of the molecule is O=C(NCCC1CCCCN1C(=O)CCN1C(=O)COc2ccc(Cl)cc21)c1ccccc1. The van der Waals surface area contributed by atoms with Crippen LogP contribution < -0.4 is 15.0 Å². The van der Waals surface area contributed by atoms with Gasteiger partial charge in [0.05, 0.1) is 5.69 Å². The summed E-state index contributed by atoms with van der Waals surface area (Å²) in [5.41, 5.74) is 1.23. The number of nitrogens with zero attached hydrogens (tertiary/aromatic N) is 2. The third kappa shape index (κ3) is 5.66. The molecule has 1 fully saturated rings. The first-order chi connectivity index (χ1) is 16.0. The molecule has 2 aliphatic rings. The molecule has 2 aromatic carbocycles. The number of hydrogen-bond donors (Lipinski definition) is 1. The summed E-state index contributed by atoms with van der Waals surface area (Å²) in [6.45, 7) is 1.45. The van der Waals surface area contributed by atoms with E-state index in [1.54, 1.807) is 35.2 Å². The van der Waals surface area contributed by atoms with E-state index in [0.29, 0.717) is 41.5 Å². The first-order valence-corrected chi connectivity index (χ1v) is 11.8. The molecule has 4 rings (SSSR count). The number of piperidine rings is 1. The molecule has 2 aromatic rings. The predicted molar refractivity (Wildman–Crippen MR) is 127 cm³/mol. The maximum Gasteiger partial charge on any atom is 0.265 e. The van der Waals surface area contributed by atoms with Gasteiger partial charge in [0.1, 0.15) is 5.75 Å². The highest BCUT2D eigenvalue weighted by atomic mass is 35.5. The summed E-state index contributed by atoms with van der Waals surface area (Å²) >= 11 is 6.10. The lowest BCUT2D eigenvalue weighted by atomic mass is 9.98. The molecule has 1 atom stereocenters. The largest absolute Gasteiger partial charge is 0.482 e. The minimum absolute atomic E-state index is 0.0250. The molecule has 1 N–H and O–H groups in total. The highest BCUT2D eigenvalue weighted by molar-refractivity contribution is 6.31. The lowest BCUT2D eigenvalue weighted by Crippen LogP contribution is -2.47. The number of anilines is 1. The fraction of sp³-hybridized carbons (Fsp3) is 0.400. The number of carbonyl (C=O) groups excluding carboxylic acids is 3. The Morgan fingerprint density at radius 3 is 2.76 bits per heavy atom. The van der Waals surface area contributed by atoms with Gasteiger partial charge in [0, 0.05) is 42.7 Å². The fourth-order valence-electron chi connectivity index (χ4n) is 4.44. The fourth-order valence-corrected chi connectivity index (χ4v) is 4.61. The van der Waals surface area contributed by atoms with Crippen molar-refractivity contribution in [3.05, 3.63) is 59.1 Å². The monoisotopic (exact) mass is 469 g/mol. The van der Waals surface area contributed by atoms with Gasteiger partial charge in [-0.1, -0.05) is 29.8 Å². The number of fused-ring (bicyclic) bond motifs is 1. The second-order valence-corrected chi connectivity index (χ2v) is 8.78. The maximum absolute atomic E-state index is 13.1. The van der Waals surface area contributed by atoms with E-state index in [9.17, 15) is 14.4 Å². The highest BCUT2D eigenvalue weighted by Crippen LogP contribution is 2.34. The van der Waals surface area contributed by atoms with Gasteiger partial charge in [-0.2, -0.15) is 0 Å². The second kappa shape index (κ2) is 10.7. The van der Waals surface area contributed by atoms with Crippen LogP contribution in [-0.4, -0.2) is 54.9 Å². The molecule has 0 radical (unpaired) electrons. The third-order valence-corrected chi connectivity index (χ3v) is 6.39. The number of rotatable bonds is 7. The van der Waals surface area contributed by atoms with Gasteiger partial charge in [0.15, 0.2) is 6.61 Å². The number of likely N-dealkylation sites (tertiary alicyclic amines) is 1. The molecule has 33 heavy (non-hydrogen) atoms. The molecule has 3 amide bonds. The molecular weight excluding hydrogens is 442 g/mol. The molecule has 0 spiro atoms. The Balaban J connectivity index is 1.32. The van der Waals surface area contributed by atoms with Gasteiger partial charge >= 0.3 is 0 Å². The Morgan fingerprint density at radius 2 is 1.94 bits per heavy atom. The van der Waals surface area contributed by atoms with E-state index in [1.807, 2.05) is 23.1 Å². The highest BCUT2D eigenvalue weighted by Gasteiger charge is 2.30. The summed E-state index contributed by atoms with van der Waals surface area (Å²) in [5.74, 6) is 0.331. The van der Waals surface area contributed by atoms with Crippen molar-refractivity contribution in [2.45, 2.75) is 38.1 Å². The average Bonchev–Trinajstić information content (AvgIpc) is 2.84. The van der Waals surface area contributed by atoms with Crippen molar-refractivity contribution in [1.82, 2.24) is 10.2 Å². The van der Waals surface area contributed by atoms with Gasteiger partial charge in [-0.3, -0.25) is 14.4 Å². The van der Waals surface area contributed by atoms with Crippen LogP contribution in [0.3, 0.4) is 0 Å². The molecule has 0 saturated carbocycles. The number of amides is 3. The third-order valence-electron chi connectivity index (χ3n) is 6.16. The van der Waals surface area contributed by atoms with Crippen LogP contribution in [0.1, 0.15) is 42.5 Å². The van der Waals surface area contributed by atoms with E-state index in [-0.39, 0.29) is 43.3 Å². The van der Waals surface area contributed by atoms with Crippen LogP contribution in [0.15, 0.2) is 48.5 Å². The van der Waals surface area contributed by atoms with Crippen LogP contribution in [0.5, 0.6) is 5.75 Å². The van der Waals surface area contributed by atoms with Crippen molar-refractivity contribution in [1.29, 1.82) is 0 Å². The number of ether oxygens (including phenoxy) is 1. The second-order valence-electron chi connectivity index (χ2n) is 8.34. The van der Waals surface area contributed by atoms with Crippen LogP contribution in [-0.2, 0) is 9.59 Å². The van der Waals surface area contributed by atoms with Crippen molar-refractivity contribution in [2.75, 3.05) is 31.1 Å². The van der Waals surface area contributed by atoms with Gasteiger partial charge in [0.2, 0.25) is 5.91 Å². The van der Waals surface area contributed by atoms with Crippen LogP contribution in [0.25, 0.3) is 0 Å². The molecule has 0 bridgehead atoms. The van der Waals surface area contributed by atoms with Gasteiger partial charge in [-0.15, -0.1) is 0 Å². The quantitative estimate of drug-likeness (QED) is 0.671. The van der Waals surface area contributed by atoms with Crippen molar-refractivity contribution in [2.24, 2.45) is 0 Å². The summed E-state index contributed by atoms with van der Waals surface area (Å²) in [6.07, 6.45) is 3.88. The van der Waals surface area contributed by atoms with Crippen molar-refractivity contribution in [3.63, 3.8) is 0 Å². The molecule has 1 saturated heterocycles. The topological polar surface area (TPSA) is 79.0 Å². The lowest BCUT2D eigenvalue weighted by molar-refractivity contribution is -0.134. The molecule has 2 aliphatic heterocycles. The van der Waals surface area contributed by atoms with E-state index in [4.69, 9.17) is 16.3 Å². The summed E-state index contributed by atoms with van der Waals surface area (Å²) in [4.78, 5) is 41.3. The zero-order valence-electron chi connectivity index (χ0n) is 18.5. The van der Waals surface area contributed by atoms with Crippen molar-refractivity contribution >= 4 is 35.0 Å². The van der Waals surface area contributed by atoms with Gasteiger partial charge < -0.3 is 19.9 Å². The minimum atomic E-state index is -0.184. The Kier molecular flexibility index (Phi) is 7.50. The van der Waals surface area contributed by atoms with Crippen molar-refractivity contribution in [3.8, 4) is 5.75 Å². The van der Waals surface area contributed by atoms with E-state index in [0.717, 1.165) is 19.3 Å². The van der Waals surface area contributed by atoms with Crippen LogP contribution in [0.2, 0.25) is 5.02 Å². The van der Waals surface area contributed by atoms with Gasteiger partial charge in [-0.25, -0.2) is 0 Å². The standard InChI is InChI=1S/C25H28ClN3O4/c26-19-9-10-22-21(16-19)29(24(31)17-33-22)15-12-23(30)28-14-5-4-8-20(28)11-13-27-25(32)18-6-2-1-3-7-18/h1-3,6-7,9-10,16,20H,4-5,8,11-15,17H2,(H,27,32). The number of hydrogen-bond acceptors (Lipinski definition) is 4. The Labute approximate surface area is 198 Å².